The number of aliphatic hydroxyl groups excluding tert-OH is 2. The molecule has 4 atom stereocenters. The molecule has 2 rings (SSSR count). The molecule has 1 aliphatic rings. The molecule has 0 saturated carbocycles. The third-order valence-electron chi connectivity index (χ3n) is 3.28. The third kappa shape index (κ3) is 2.16. The van der Waals surface area contributed by atoms with E-state index in [-0.39, 0.29) is 17.2 Å². The monoisotopic (exact) mass is 264 g/mol. The van der Waals surface area contributed by atoms with Crippen LogP contribution in [0.3, 0.4) is 0 Å². The molecule has 6 heteroatoms. The van der Waals surface area contributed by atoms with Crippen molar-refractivity contribution in [3.05, 3.63) is 17.7 Å². The Hall–Kier alpha value is -1.68. The van der Waals surface area contributed by atoms with Gasteiger partial charge < -0.3 is 14.9 Å². The Bertz CT molecular complexity index is 531. The summed E-state index contributed by atoms with van der Waals surface area (Å²) >= 11 is 0. The lowest BCUT2D eigenvalue weighted by Gasteiger charge is -2.17. The number of hydrogen-bond acceptors (Lipinski definition) is 5. The van der Waals surface area contributed by atoms with Crippen LogP contribution in [0.2, 0.25) is 0 Å². The Morgan fingerprint density at radius 1 is 1.58 bits per heavy atom. The van der Waals surface area contributed by atoms with Crippen molar-refractivity contribution in [3.8, 4) is 12.3 Å². The number of aromatic nitrogens is 2. The Balaban J connectivity index is 2.39. The third-order valence-corrected chi connectivity index (χ3v) is 3.28. The number of Topliss-reactive ketones (excluding diaryl/α,β-unsaturated/α-hetero) is 1. The maximum Gasteiger partial charge on any atom is 0.181 e. The van der Waals surface area contributed by atoms with E-state index in [1.165, 1.54) is 17.8 Å². The normalized spacial score (nSPS) is 30.3. The van der Waals surface area contributed by atoms with E-state index in [4.69, 9.17) is 11.2 Å². The van der Waals surface area contributed by atoms with Gasteiger partial charge in [-0.3, -0.25) is 9.36 Å². The van der Waals surface area contributed by atoms with Gasteiger partial charge >= 0.3 is 0 Å². The first-order valence-electron chi connectivity index (χ1n) is 6.07. The zero-order valence-electron chi connectivity index (χ0n) is 10.8. The van der Waals surface area contributed by atoms with Crippen LogP contribution in [0.4, 0.5) is 0 Å². The number of imidazole rings is 1. The fourth-order valence-corrected chi connectivity index (χ4v) is 2.25. The van der Waals surface area contributed by atoms with E-state index in [0.29, 0.717) is 6.42 Å². The van der Waals surface area contributed by atoms with Crippen molar-refractivity contribution in [3.63, 3.8) is 0 Å². The zero-order valence-corrected chi connectivity index (χ0v) is 10.8. The van der Waals surface area contributed by atoms with Gasteiger partial charge in [0.15, 0.2) is 12.0 Å². The molecule has 1 fully saturated rings. The van der Waals surface area contributed by atoms with E-state index in [2.05, 4.69) is 10.9 Å². The van der Waals surface area contributed by atoms with Gasteiger partial charge in [0, 0.05) is 6.92 Å². The predicted molar refractivity (Wildman–Crippen MR) is 66.4 cm³/mol. The van der Waals surface area contributed by atoms with Crippen LogP contribution in [0.1, 0.15) is 42.7 Å². The molecular weight excluding hydrogens is 248 g/mol. The number of ether oxygens (including phenoxy) is 1. The molecule has 1 aromatic heterocycles. The lowest BCUT2D eigenvalue weighted by atomic mass is 10.1. The van der Waals surface area contributed by atoms with Gasteiger partial charge in [-0.1, -0.05) is 6.92 Å². The molecule has 19 heavy (non-hydrogen) atoms. The molecule has 6 nitrogen and oxygen atoms in total. The van der Waals surface area contributed by atoms with Crippen LogP contribution < -0.4 is 0 Å². The maximum absolute atomic E-state index is 11.4. The average Bonchev–Trinajstić information content (AvgIpc) is 2.92. The highest BCUT2D eigenvalue weighted by Gasteiger charge is 2.43. The summed E-state index contributed by atoms with van der Waals surface area (Å²) in [7, 11) is 0. The van der Waals surface area contributed by atoms with Gasteiger partial charge in [0.2, 0.25) is 0 Å². The summed E-state index contributed by atoms with van der Waals surface area (Å²) < 4.78 is 6.99. The fraction of sp³-hybridized carbons (Fsp3) is 0.538. The van der Waals surface area contributed by atoms with Gasteiger partial charge in [0.05, 0.1) is 12.4 Å². The highest BCUT2D eigenvalue weighted by atomic mass is 16.6. The summed E-state index contributed by atoms with van der Waals surface area (Å²) in [5.74, 6) is 2.12. The number of aliphatic hydroxyl groups is 2. The van der Waals surface area contributed by atoms with Crippen molar-refractivity contribution >= 4 is 5.78 Å². The summed E-state index contributed by atoms with van der Waals surface area (Å²) in [6.45, 7) is 3.21. The molecule has 1 unspecified atom stereocenters. The predicted octanol–water partition coefficient (Wildman–Crippen LogP) is 0.0962. The van der Waals surface area contributed by atoms with Gasteiger partial charge in [-0.25, -0.2) is 4.98 Å². The second-order valence-corrected chi connectivity index (χ2v) is 4.50. The summed E-state index contributed by atoms with van der Waals surface area (Å²) in [5.41, 5.74) is 0.410. The van der Waals surface area contributed by atoms with Crippen molar-refractivity contribution < 1.29 is 19.7 Å². The molecule has 1 aliphatic heterocycles. The number of rotatable bonds is 3. The standard InChI is InChI=1S/C13H16N2O4/c1-4-8-10(7(3)16)14-6-15(8)13-12(18)11(17)9(5-2)19-13/h1,6,9,11-13,17-18H,5H2,2-3H3/t9-,11+,12?,13-/m1/s1. The molecule has 2 N–H and O–H groups in total. The van der Waals surface area contributed by atoms with Crippen molar-refractivity contribution in [2.45, 2.75) is 44.8 Å². The highest BCUT2D eigenvalue weighted by Crippen LogP contribution is 2.32. The van der Waals surface area contributed by atoms with E-state index in [9.17, 15) is 15.0 Å². The number of nitrogens with zero attached hydrogens (tertiary/aromatic N) is 2. The maximum atomic E-state index is 11.4. The quantitative estimate of drug-likeness (QED) is 0.597. The van der Waals surface area contributed by atoms with Crippen molar-refractivity contribution in [1.82, 2.24) is 9.55 Å². The van der Waals surface area contributed by atoms with E-state index < -0.39 is 24.5 Å². The molecule has 2 heterocycles. The Morgan fingerprint density at radius 2 is 2.26 bits per heavy atom. The second kappa shape index (κ2) is 5.13. The number of carbonyl (C=O) groups excluding carboxylic acids is 1. The van der Waals surface area contributed by atoms with Crippen molar-refractivity contribution in [2.24, 2.45) is 0 Å². The van der Waals surface area contributed by atoms with E-state index in [1.807, 2.05) is 6.92 Å². The molecule has 0 radical (unpaired) electrons. The molecule has 0 bridgehead atoms. The molecule has 0 aromatic carbocycles. The van der Waals surface area contributed by atoms with Gasteiger partial charge in [-0.2, -0.15) is 0 Å². The summed E-state index contributed by atoms with van der Waals surface area (Å²) in [6.07, 6.45) is 3.92. The number of carbonyl (C=O) groups is 1. The van der Waals surface area contributed by atoms with Crippen molar-refractivity contribution in [1.29, 1.82) is 0 Å². The lowest BCUT2D eigenvalue weighted by molar-refractivity contribution is -0.0381. The van der Waals surface area contributed by atoms with Crippen LogP contribution in [-0.4, -0.2) is 43.9 Å². The van der Waals surface area contributed by atoms with E-state index >= 15 is 0 Å². The lowest BCUT2D eigenvalue weighted by Crippen LogP contribution is -2.31. The molecule has 0 aliphatic carbocycles. The van der Waals surface area contributed by atoms with E-state index in [1.54, 1.807) is 0 Å². The first kappa shape index (κ1) is 13.7. The van der Waals surface area contributed by atoms with Gasteiger partial charge in [0.25, 0.3) is 0 Å². The SMILES string of the molecule is C#Cc1c(C(C)=O)ncn1[C@@H]1O[C@H](CC)[C@H](O)C1O. The van der Waals surface area contributed by atoms with Crippen molar-refractivity contribution in [2.75, 3.05) is 0 Å². The molecule has 1 saturated heterocycles. The molecule has 0 amide bonds. The Labute approximate surface area is 111 Å². The minimum absolute atomic E-state index is 0.160. The highest BCUT2D eigenvalue weighted by molar-refractivity contribution is 5.94. The molecule has 102 valence electrons. The largest absolute Gasteiger partial charge is 0.388 e. The van der Waals surface area contributed by atoms with Crippen LogP contribution in [0.25, 0.3) is 0 Å². The first-order chi connectivity index (χ1) is 9.01. The molecule has 0 spiro atoms. The van der Waals surface area contributed by atoms with Crippen LogP contribution in [-0.2, 0) is 4.74 Å². The summed E-state index contributed by atoms with van der Waals surface area (Å²) in [5, 5.41) is 19.8. The minimum atomic E-state index is -1.11. The van der Waals surface area contributed by atoms with E-state index in [0.717, 1.165) is 0 Å². The first-order valence-corrected chi connectivity index (χ1v) is 6.07. The number of ketones is 1. The smallest absolute Gasteiger partial charge is 0.181 e. The Kier molecular flexibility index (Phi) is 3.71. The zero-order chi connectivity index (χ0) is 14.2. The van der Waals surface area contributed by atoms with Crippen LogP contribution in [0.5, 0.6) is 0 Å². The second-order valence-electron chi connectivity index (χ2n) is 4.50. The molecular formula is C13H16N2O4. The topological polar surface area (TPSA) is 84.6 Å². The number of terminal acetylenes is 1. The van der Waals surface area contributed by atoms with Crippen LogP contribution in [0, 0.1) is 12.3 Å². The summed E-state index contributed by atoms with van der Waals surface area (Å²) in [6, 6.07) is 0. The van der Waals surface area contributed by atoms with Gasteiger partial charge in [-0.05, 0) is 12.3 Å². The van der Waals surface area contributed by atoms with Gasteiger partial charge in [-0.15, -0.1) is 6.42 Å². The fourth-order valence-electron chi connectivity index (χ4n) is 2.25. The van der Waals surface area contributed by atoms with Crippen LogP contribution >= 0.6 is 0 Å². The number of hydrogen-bond donors (Lipinski definition) is 2. The minimum Gasteiger partial charge on any atom is -0.388 e. The van der Waals surface area contributed by atoms with Gasteiger partial charge in [0.1, 0.15) is 23.6 Å². The summed E-state index contributed by atoms with van der Waals surface area (Å²) in [4.78, 5) is 15.3. The molecule has 1 aromatic rings. The Morgan fingerprint density at radius 3 is 2.74 bits per heavy atom. The van der Waals surface area contributed by atoms with Crippen LogP contribution in [0.15, 0.2) is 6.33 Å². The average molecular weight is 264 g/mol.